The summed E-state index contributed by atoms with van der Waals surface area (Å²) in [6.45, 7) is 5.21. The SMILES string of the molecule is CCN(CC)S(=O)(=O)c1ccc(Cl)c(NC(=O)Cc2ccc3c(c2)OCCO3)c1. The van der Waals surface area contributed by atoms with Crippen molar-refractivity contribution < 1.29 is 22.7 Å². The van der Waals surface area contributed by atoms with E-state index in [1.807, 2.05) is 0 Å². The van der Waals surface area contributed by atoms with Crippen molar-refractivity contribution in [2.45, 2.75) is 25.2 Å². The molecule has 29 heavy (non-hydrogen) atoms. The number of rotatable bonds is 7. The van der Waals surface area contributed by atoms with Crippen LogP contribution in [0.2, 0.25) is 5.02 Å². The van der Waals surface area contributed by atoms with Gasteiger partial charge in [0, 0.05) is 13.1 Å². The van der Waals surface area contributed by atoms with Gasteiger partial charge in [0.2, 0.25) is 15.9 Å². The molecule has 1 N–H and O–H groups in total. The van der Waals surface area contributed by atoms with Crippen molar-refractivity contribution in [3.8, 4) is 11.5 Å². The smallest absolute Gasteiger partial charge is 0.243 e. The zero-order chi connectivity index (χ0) is 21.0. The Hall–Kier alpha value is -2.29. The summed E-state index contributed by atoms with van der Waals surface area (Å²) in [5.41, 5.74) is 0.997. The number of halogens is 1. The first-order valence-corrected chi connectivity index (χ1v) is 11.1. The van der Waals surface area contributed by atoms with Crippen LogP contribution in [0.15, 0.2) is 41.3 Å². The van der Waals surface area contributed by atoms with E-state index in [2.05, 4.69) is 5.32 Å². The Balaban J connectivity index is 1.77. The van der Waals surface area contributed by atoms with Crippen LogP contribution in [0.25, 0.3) is 0 Å². The van der Waals surface area contributed by atoms with E-state index in [0.29, 0.717) is 37.8 Å². The lowest BCUT2D eigenvalue weighted by molar-refractivity contribution is -0.115. The van der Waals surface area contributed by atoms with Gasteiger partial charge in [-0.1, -0.05) is 31.5 Å². The Morgan fingerprint density at radius 1 is 1.07 bits per heavy atom. The second kappa shape index (κ2) is 9.02. The summed E-state index contributed by atoms with van der Waals surface area (Å²) >= 11 is 6.18. The first-order chi connectivity index (χ1) is 13.8. The van der Waals surface area contributed by atoms with Gasteiger partial charge in [0.15, 0.2) is 11.5 Å². The molecule has 3 rings (SSSR count). The molecule has 0 aromatic heterocycles. The fourth-order valence-electron chi connectivity index (χ4n) is 3.05. The van der Waals surface area contributed by atoms with E-state index in [-0.39, 0.29) is 27.9 Å². The molecule has 156 valence electrons. The van der Waals surface area contributed by atoms with Gasteiger partial charge in [-0.25, -0.2) is 8.42 Å². The van der Waals surface area contributed by atoms with Gasteiger partial charge in [0.25, 0.3) is 0 Å². The standard InChI is InChI=1S/C20H23ClN2O5S/c1-3-23(4-2)29(25,26)15-6-7-16(21)17(13-15)22-20(24)12-14-5-8-18-19(11-14)28-10-9-27-18/h5-8,11,13H,3-4,9-10,12H2,1-2H3,(H,22,24). The molecule has 0 saturated carbocycles. The van der Waals surface area contributed by atoms with Crippen LogP contribution in [-0.2, 0) is 21.2 Å². The molecule has 0 saturated heterocycles. The molecular formula is C20H23ClN2O5S. The second-order valence-electron chi connectivity index (χ2n) is 6.43. The highest BCUT2D eigenvalue weighted by Gasteiger charge is 2.23. The van der Waals surface area contributed by atoms with Gasteiger partial charge in [0.1, 0.15) is 13.2 Å². The molecule has 0 unspecified atom stereocenters. The zero-order valence-corrected chi connectivity index (χ0v) is 17.8. The van der Waals surface area contributed by atoms with Gasteiger partial charge >= 0.3 is 0 Å². The number of sulfonamides is 1. The molecular weight excluding hydrogens is 416 g/mol. The third-order valence-electron chi connectivity index (χ3n) is 4.53. The Morgan fingerprint density at radius 2 is 1.76 bits per heavy atom. The minimum absolute atomic E-state index is 0.0833. The molecule has 0 fully saturated rings. The van der Waals surface area contributed by atoms with E-state index in [9.17, 15) is 13.2 Å². The van der Waals surface area contributed by atoms with Crippen LogP contribution in [0, 0.1) is 0 Å². The van der Waals surface area contributed by atoms with Crippen LogP contribution in [0.1, 0.15) is 19.4 Å². The van der Waals surface area contributed by atoms with Gasteiger partial charge in [-0.2, -0.15) is 4.31 Å². The maximum atomic E-state index is 12.7. The van der Waals surface area contributed by atoms with Gasteiger partial charge in [-0.15, -0.1) is 0 Å². The van der Waals surface area contributed by atoms with Crippen molar-refractivity contribution in [2.75, 3.05) is 31.6 Å². The third kappa shape index (κ3) is 4.83. The van der Waals surface area contributed by atoms with Crippen molar-refractivity contribution in [3.05, 3.63) is 47.0 Å². The largest absolute Gasteiger partial charge is 0.486 e. The molecule has 0 radical (unpaired) electrons. The molecule has 2 aromatic rings. The van der Waals surface area contributed by atoms with E-state index in [0.717, 1.165) is 5.56 Å². The summed E-state index contributed by atoms with van der Waals surface area (Å²) in [6, 6.07) is 9.61. The number of carbonyl (C=O) groups excluding carboxylic acids is 1. The van der Waals surface area contributed by atoms with Gasteiger partial charge < -0.3 is 14.8 Å². The average molecular weight is 439 g/mol. The maximum Gasteiger partial charge on any atom is 0.243 e. The maximum absolute atomic E-state index is 12.7. The highest BCUT2D eigenvalue weighted by Crippen LogP contribution is 2.31. The van der Waals surface area contributed by atoms with Gasteiger partial charge in [0.05, 0.1) is 22.0 Å². The number of amides is 1. The quantitative estimate of drug-likeness (QED) is 0.716. The number of benzene rings is 2. The van der Waals surface area contributed by atoms with Crippen molar-refractivity contribution >= 4 is 33.2 Å². The predicted molar refractivity (Wildman–Crippen MR) is 111 cm³/mol. The molecule has 1 aliphatic rings. The highest BCUT2D eigenvalue weighted by atomic mass is 35.5. The van der Waals surface area contributed by atoms with E-state index in [4.69, 9.17) is 21.1 Å². The number of anilines is 1. The molecule has 1 amide bonds. The van der Waals surface area contributed by atoms with E-state index in [1.54, 1.807) is 32.0 Å². The first kappa shape index (κ1) is 21.4. The van der Waals surface area contributed by atoms with E-state index in [1.165, 1.54) is 22.5 Å². The van der Waals surface area contributed by atoms with Crippen molar-refractivity contribution in [3.63, 3.8) is 0 Å². The summed E-state index contributed by atoms with van der Waals surface area (Å²) in [4.78, 5) is 12.6. The Bertz CT molecular complexity index is 1010. The third-order valence-corrected chi connectivity index (χ3v) is 6.90. The van der Waals surface area contributed by atoms with Crippen molar-refractivity contribution in [1.29, 1.82) is 0 Å². The minimum atomic E-state index is -3.65. The van der Waals surface area contributed by atoms with Crippen LogP contribution in [0.4, 0.5) is 5.69 Å². The fraction of sp³-hybridized carbons (Fsp3) is 0.350. The summed E-state index contributed by atoms with van der Waals surface area (Å²) in [5, 5.41) is 2.96. The van der Waals surface area contributed by atoms with E-state index >= 15 is 0 Å². The lowest BCUT2D eigenvalue weighted by Crippen LogP contribution is -2.30. The molecule has 0 spiro atoms. The van der Waals surface area contributed by atoms with Crippen LogP contribution in [-0.4, -0.2) is 44.9 Å². The van der Waals surface area contributed by atoms with Crippen molar-refractivity contribution in [1.82, 2.24) is 4.31 Å². The van der Waals surface area contributed by atoms with Gasteiger partial charge in [-0.05, 0) is 35.9 Å². The van der Waals surface area contributed by atoms with Crippen LogP contribution >= 0.6 is 11.6 Å². The number of ether oxygens (including phenoxy) is 2. The molecule has 1 aliphatic heterocycles. The number of carbonyl (C=O) groups is 1. The molecule has 0 bridgehead atoms. The number of hydrogen-bond donors (Lipinski definition) is 1. The Labute approximate surface area is 175 Å². The second-order valence-corrected chi connectivity index (χ2v) is 8.78. The monoisotopic (exact) mass is 438 g/mol. The predicted octanol–water partition coefficient (Wildman–Crippen LogP) is 3.32. The van der Waals surface area contributed by atoms with Crippen LogP contribution < -0.4 is 14.8 Å². The molecule has 9 heteroatoms. The van der Waals surface area contributed by atoms with E-state index < -0.39 is 10.0 Å². The topological polar surface area (TPSA) is 84.9 Å². The summed E-state index contributed by atoms with van der Waals surface area (Å²) < 4.78 is 37.8. The molecule has 0 aliphatic carbocycles. The summed E-state index contributed by atoms with van der Waals surface area (Å²) in [7, 11) is -3.65. The minimum Gasteiger partial charge on any atom is -0.486 e. The Kier molecular flexibility index (Phi) is 6.66. The average Bonchev–Trinajstić information content (AvgIpc) is 2.70. The lowest BCUT2D eigenvalue weighted by Gasteiger charge is -2.19. The van der Waals surface area contributed by atoms with Crippen LogP contribution in [0.3, 0.4) is 0 Å². The lowest BCUT2D eigenvalue weighted by atomic mass is 10.1. The molecule has 2 aromatic carbocycles. The fourth-order valence-corrected chi connectivity index (χ4v) is 4.70. The number of nitrogens with zero attached hydrogens (tertiary/aromatic N) is 1. The number of hydrogen-bond acceptors (Lipinski definition) is 5. The van der Waals surface area contributed by atoms with Crippen LogP contribution in [0.5, 0.6) is 11.5 Å². The zero-order valence-electron chi connectivity index (χ0n) is 16.3. The number of fused-ring (bicyclic) bond motifs is 1. The normalized spacial score (nSPS) is 13.4. The Morgan fingerprint density at radius 3 is 2.45 bits per heavy atom. The molecule has 1 heterocycles. The highest BCUT2D eigenvalue weighted by molar-refractivity contribution is 7.89. The van der Waals surface area contributed by atoms with Gasteiger partial charge in [-0.3, -0.25) is 4.79 Å². The first-order valence-electron chi connectivity index (χ1n) is 9.33. The molecule has 7 nitrogen and oxygen atoms in total. The van der Waals surface area contributed by atoms with Crippen molar-refractivity contribution in [2.24, 2.45) is 0 Å². The number of nitrogens with one attached hydrogen (secondary N) is 1. The summed E-state index contributed by atoms with van der Waals surface area (Å²) in [5.74, 6) is 0.936. The molecule has 0 atom stereocenters. The summed E-state index contributed by atoms with van der Waals surface area (Å²) in [6.07, 6.45) is 0.0833.